The van der Waals surface area contributed by atoms with Gasteiger partial charge in [-0.2, -0.15) is 0 Å². The number of rotatable bonds is 18. The molecule has 0 radical (unpaired) electrons. The Hall–Kier alpha value is -5.79. The Labute approximate surface area is 328 Å². The van der Waals surface area contributed by atoms with E-state index in [0.29, 0.717) is 41.5 Å². The lowest BCUT2D eigenvalue weighted by molar-refractivity contribution is -0.169. The van der Waals surface area contributed by atoms with Crippen molar-refractivity contribution in [3.63, 3.8) is 0 Å². The van der Waals surface area contributed by atoms with Crippen molar-refractivity contribution in [1.82, 2.24) is 20.9 Å². The van der Waals surface area contributed by atoms with E-state index in [-0.39, 0.29) is 46.4 Å². The second kappa shape index (κ2) is 20.2. The quantitative estimate of drug-likeness (QED) is 0.0399. The van der Waals surface area contributed by atoms with Gasteiger partial charge < -0.3 is 29.6 Å². The molecule has 4 rings (SSSR count). The summed E-state index contributed by atoms with van der Waals surface area (Å²) in [6, 6.07) is 6.10. The van der Waals surface area contributed by atoms with E-state index in [4.69, 9.17) is 24.4 Å². The minimum absolute atomic E-state index is 0.0436. The molecule has 0 aliphatic heterocycles. The van der Waals surface area contributed by atoms with Crippen LogP contribution < -0.4 is 20.7 Å². The molecule has 0 bridgehead atoms. The number of amides is 3. The van der Waals surface area contributed by atoms with Gasteiger partial charge in [0, 0.05) is 47.3 Å². The number of esters is 2. The summed E-state index contributed by atoms with van der Waals surface area (Å²) in [5.74, 6) is -2.66. The zero-order valence-electron chi connectivity index (χ0n) is 33.0. The SMILES string of the molecule is C=Cc1cc(C(=O)NC2=CC=C(C(=N)NC(=O)OCCCCCC)CC2C)c(-c2ccc(C(=O)NCC3CC3)nc2C(=O)OC(C)OC(=O)C(C)C)cc1OC. The fourth-order valence-electron chi connectivity index (χ4n) is 5.81. The summed E-state index contributed by atoms with van der Waals surface area (Å²) in [6.07, 6.45) is 9.11. The van der Waals surface area contributed by atoms with Crippen molar-refractivity contribution in [3.8, 4) is 16.9 Å². The normalized spacial score (nSPS) is 15.4. The number of carbonyl (C=O) groups is 5. The van der Waals surface area contributed by atoms with Crippen LogP contribution in [-0.4, -0.2) is 67.2 Å². The van der Waals surface area contributed by atoms with Crippen LogP contribution in [0.2, 0.25) is 0 Å². The standard InChI is InChI=1S/C42H53N5O9/c1-8-10-11-12-19-54-42(52)47-37(43)29-15-17-33(25(5)20-29)46-38(48)32-21-28(9-2)35(53-7)22-31(32)30-16-18-34(39(49)44-23-27-13-14-27)45-36(30)41(51)56-26(6)55-40(50)24(3)4/h9,15-18,21-22,24-27H,2,8,10-14,19-20,23H2,1,3-7H3,(H,44,49)(H,46,48)(H2,43,47,52). The summed E-state index contributed by atoms with van der Waals surface area (Å²) in [6.45, 7) is 13.3. The van der Waals surface area contributed by atoms with E-state index in [1.807, 2.05) is 6.92 Å². The number of methoxy groups -OCH3 is 1. The number of ether oxygens (including phenoxy) is 4. The van der Waals surface area contributed by atoms with Crippen LogP contribution in [0.4, 0.5) is 4.79 Å². The molecule has 0 saturated heterocycles. The third kappa shape index (κ3) is 11.9. The minimum Gasteiger partial charge on any atom is -0.496 e. The van der Waals surface area contributed by atoms with Crippen LogP contribution in [0.15, 0.2) is 54.3 Å². The third-order valence-electron chi connectivity index (χ3n) is 9.28. The molecule has 2 aliphatic carbocycles. The number of amidine groups is 1. The van der Waals surface area contributed by atoms with Gasteiger partial charge in [0.15, 0.2) is 5.69 Å². The summed E-state index contributed by atoms with van der Waals surface area (Å²) in [5, 5.41) is 16.7. The maximum atomic E-state index is 14.2. The van der Waals surface area contributed by atoms with Crippen molar-refractivity contribution in [2.75, 3.05) is 20.3 Å². The molecular formula is C42H53N5O9. The molecule has 3 amide bonds. The van der Waals surface area contributed by atoms with Gasteiger partial charge >= 0.3 is 18.0 Å². The number of alkyl carbamates (subject to hydrolysis) is 1. The van der Waals surface area contributed by atoms with Gasteiger partial charge in [-0.15, -0.1) is 0 Å². The Balaban J connectivity index is 1.66. The molecule has 2 unspecified atom stereocenters. The minimum atomic E-state index is -1.28. The van der Waals surface area contributed by atoms with E-state index >= 15 is 0 Å². The summed E-state index contributed by atoms with van der Waals surface area (Å²) in [5.41, 5.74) is 1.78. The summed E-state index contributed by atoms with van der Waals surface area (Å²) in [4.78, 5) is 70.0. The molecule has 2 atom stereocenters. The number of pyridine rings is 1. The van der Waals surface area contributed by atoms with Crippen molar-refractivity contribution >= 4 is 41.8 Å². The first-order chi connectivity index (χ1) is 26.8. The fraction of sp³-hybridized carbons (Fsp3) is 0.452. The van der Waals surface area contributed by atoms with Crippen molar-refractivity contribution < 1.29 is 42.9 Å². The number of nitrogens with one attached hydrogen (secondary N) is 4. The number of allylic oxidation sites excluding steroid dienone is 3. The topological polar surface area (TPSA) is 195 Å². The maximum absolute atomic E-state index is 14.2. The van der Waals surface area contributed by atoms with Crippen LogP contribution in [0.25, 0.3) is 17.2 Å². The van der Waals surface area contributed by atoms with Gasteiger partial charge in [0.05, 0.1) is 19.6 Å². The molecular weight excluding hydrogens is 718 g/mol. The molecule has 56 heavy (non-hydrogen) atoms. The molecule has 1 heterocycles. The zero-order chi connectivity index (χ0) is 40.9. The number of nitrogens with zero attached hydrogens (tertiary/aromatic N) is 1. The van der Waals surface area contributed by atoms with E-state index in [1.165, 1.54) is 32.2 Å². The lowest BCUT2D eigenvalue weighted by Gasteiger charge is -2.24. The first-order valence-electron chi connectivity index (χ1n) is 19.1. The van der Waals surface area contributed by atoms with Crippen LogP contribution in [-0.2, 0) is 19.0 Å². The zero-order valence-corrected chi connectivity index (χ0v) is 33.0. The molecule has 4 N–H and O–H groups in total. The third-order valence-corrected chi connectivity index (χ3v) is 9.28. The average Bonchev–Trinajstić information content (AvgIpc) is 4.01. The summed E-state index contributed by atoms with van der Waals surface area (Å²) >= 11 is 0. The largest absolute Gasteiger partial charge is 0.496 e. The number of benzene rings is 1. The van der Waals surface area contributed by atoms with Crippen LogP contribution in [0.3, 0.4) is 0 Å². The molecule has 14 nitrogen and oxygen atoms in total. The van der Waals surface area contributed by atoms with Gasteiger partial charge in [-0.05, 0) is 67.5 Å². The first-order valence-corrected chi connectivity index (χ1v) is 19.1. The molecule has 1 saturated carbocycles. The number of unbranched alkanes of at least 4 members (excludes halogenated alkanes) is 3. The maximum Gasteiger partial charge on any atom is 0.412 e. The average molecular weight is 772 g/mol. The van der Waals surface area contributed by atoms with Crippen molar-refractivity contribution in [1.29, 1.82) is 5.41 Å². The lowest BCUT2D eigenvalue weighted by Crippen LogP contribution is -2.34. The van der Waals surface area contributed by atoms with Crippen LogP contribution in [0.1, 0.15) is 116 Å². The molecule has 14 heteroatoms. The predicted octanol–water partition coefficient (Wildman–Crippen LogP) is 7.11. The van der Waals surface area contributed by atoms with Crippen molar-refractivity contribution in [2.24, 2.45) is 17.8 Å². The molecule has 1 fully saturated rings. The predicted molar refractivity (Wildman–Crippen MR) is 211 cm³/mol. The van der Waals surface area contributed by atoms with E-state index in [2.05, 4.69) is 34.4 Å². The molecule has 2 aliphatic rings. The number of hydrogen-bond donors (Lipinski definition) is 4. The van der Waals surface area contributed by atoms with Crippen LogP contribution >= 0.6 is 0 Å². The van der Waals surface area contributed by atoms with Gasteiger partial charge in [0.2, 0.25) is 6.29 Å². The Bertz CT molecular complexity index is 1900. The van der Waals surface area contributed by atoms with E-state index in [9.17, 15) is 24.0 Å². The Kier molecular flexibility index (Phi) is 15.5. The van der Waals surface area contributed by atoms with E-state index < -0.39 is 42.1 Å². The van der Waals surface area contributed by atoms with E-state index in [1.54, 1.807) is 38.1 Å². The van der Waals surface area contributed by atoms with Crippen molar-refractivity contribution in [3.05, 3.63) is 76.8 Å². The smallest absolute Gasteiger partial charge is 0.412 e. The van der Waals surface area contributed by atoms with Crippen LogP contribution in [0, 0.1) is 23.2 Å². The lowest BCUT2D eigenvalue weighted by atomic mass is 9.91. The summed E-state index contributed by atoms with van der Waals surface area (Å²) < 4.78 is 21.6. The van der Waals surface area contributed by atoms with Gasteiger partial charge in [-0.25, -0.2) is 14.6 Å². The van der Waals surface area contributed by atoms with Gasteiger partial charge in [0.1, 0.15) is 17.3 Å². The van der Waals surface area contributed by atoms with Crippen molar-refractivity contribution in [2.45, 2.75) is 85.9 Å². The second-order valence-electron chi connectivity index (χ2n) is 14.2. The number of aromatic nitrogens is 1. The highest BCUT2D eigenvalue weighted by atomic mass is 16.7. The van der Waals surface area contributed by atoms with Gasteiger partial charge in [0.25, 0.3) is 11.8 Å². The van der Waals surface area contributed by atoms with E-state index in [0.717, 1.165) is 38.5 Å². The highest BCUT2D eigenvalue weighted by Crippen LogP contribution is 2.35. The molecule has 300 valence electrons. The molecule has 2 aromatic rings. The molecule has 1 aromatic heterocycles. The molecule has 0 spiro atoms. The number of hydrogen-bond acceptors (Lipinski definition) is 11. The number of carbonyl (C=O) groups excluding carboxylic acids is 5. The highest BCUT2D eigenvalue weighted by molar-refractivity contribution is 6.07. The summed E-state index contributed by atoms with van der Waals surface area (Å²) in [7, 11) is 1.45. The Morgan fingerprint density at radius 3 is 2.39 bits per heavy atom. The Morgan fingerprint density at radius 2 is 1.75 bits per heavy atom. The first kappa shape index (κ1) is 42.9. The van der Waals surface area contributed by atoms with Gasteiger partial charge in [-0.1, -0.05) is 65.7 Å². The van der Waals surface area contributed by atoms with Crippen LogP contribution in [0.5, 0.6) is 5.75 Å². The molecule has 1 aromatic carbocycles. The monoisotopic (exact) mass is 771 g/mol. The van der Waals surface area contributed by atoms with Gasteiger partial charge in [-0.3, -0.25) is 25.1 Å². The highest BCUT2D eigenvalue weighted by Gasteiger charge is 2.29. The Morgan fingerprint density at radius 1 is 1.00 bits per heavy atom. The second-order valence-corrected chi connectivity index (χ2v) is 14.2. The fourth-order valence-corrected chi connectivity index (χ4v) is 5.81.